The quantitative estimate of drug-likeness (QED) is 0.790. The van der Waals surface area contributed by atoms with Gasteiger partial charge in [-0.15, -0.1) is 0 Å². The molecular weight excluding hydrogens is 203 g/mol. The van der Waals surface area contributed by atoms with Gasteiger partial charge in [0.15, 0.2) is 0 Å². The van der Waals surface area contributed by atoms with Gasteiger partial charge in [-0.1, -0.05) is 19.3 Å². The highest BCUT2D eigenvalue weighted by Gasteiger charge is 2.19. The molecule has 0 bridgehead atoms. The van der Waals surface area contributed by atoms with Gasteiger partial charge in [0.2, 0.25) is 5.95 Å². The molecule has 1 N–H and O–H groups in total. The third-order valence-electron chi connectivity index (χ3n) is 3.48. The van der Waals surface area contributed by atoms with Gasteiger partial charge in [-0.05, 0) is 31.7 Å². The molecule has 1 aromatic heterocycles. The highest BCUT2D eigenvalue weighted by atomic mass is 19.1. The number of anilines is 1. The summed E-state index contributed by atoms with van der Waals surface area (Å²) in [7, 11) is 0. The average Bonchev–Trinajstić information content (AvgIpc) is 2.30. The number of nitrogens with one attached hydrogen (secondary N) is 1. The molecule has 0 saturated heterocycles. The number of hydrogen-bond donors (Lipinski definition) is 1. The Balaban J connectivity index is 1.93. The molecular formula is C13H19FN2. The van der Waals surface area contributed by atoms with E-state index >= 15 is 0 Å². The summed E-state index contributed by atoms with van der Waals surface area (Å²) in [4.78, 5) is 3.55. The van der Waals surface area contributed by atoms with Crippen molar-refractivity contribution in [2.24, 2.45) is 5.92 Å². The summed E-state index contributed by atoms with van der Waals surface area (Å²) in [6.45, 7) is 2.19. The van der Waals surface area contributed by atoms with Crippen molar-refractivity contribution < 1.29 is 4.39 Å². The maximum Gasteiger partial charge on any atom is 0.214 e. The molecule has 1 aliphatic rings. The van der Waals surface area contributed by atoms with E-state index in [4.69, 9.17) is 0 Å². The molecule has 0 aliphatic heterocycles. The fourth-order valence-corrected chi connectivity index (χ4v) is 2.51. The van der Waals surface area contributed by atoms with Crippen LogP contribution in [0, 0.1) is 11.9 Å². The Bertz CT molecular complexity index is 334. The van der Waals surface area contributed by atoms with Crippen molar-refractivity contribution in [1.82, 2.24) is 4.98 Å². The van der Waals surface area contributed by atoms with Crippen LogP contribution in [0.4, 0.5) is 10.1 Å². The fourth-order valence-electron chi connectivity index (χ4n) is 2.51. The monoisotopic (exact) mass is 222 g/mol. The van der Waals surface area contributed by atoms with Crippen LogP contribution in [0.2, 0.25) is 0 Å². The van der Waals surface area contributed by atoms with Gasteiger partial charge in [0, 0.05) is 24.0 Å². The van der Waals surface area contributed by atoms with Crippen molar-refractivity contribution in [3.05, 3.63) is 24.3 Å². The highest BCUT2D eigenvalue weighted by molar-refractivity contribution is 5.42. The lowest BCUT2D eigenvalue weighted by Gasteiger charge is -2.28. The summed E-state index contributed by atoms with van der Waals surface area (Å²) in [5, 5.41) is 3.37. The van der Waals surface area contributed by atoms with Crippen LogP contribution in [0.3, 0.4) is 0 Å². The number of halogens is 1. The highest BCUT2D eigenvalue weighted by Crippen LogP contribution is 2.27. The van der Waals surface area contributed by atoms with Crippen LogP contribution >= 0.6 is 0 Å². The predicted molar refractivity (Wildman–Crippen MR) is 63.9 cm³/mol. The number of nitrogens with zero attached hydrogens (tertiary/aromatic N) is 1. The van der Waals surface area contributed by atoms with Crippen molar-refractivity contribution in [1.29, 1.82) is 0 Å². The molecule has 2 nitrogen and oxygen atoms in total. The summed E-state index contributed by atoms with van der Waals surface area (Å²) >= 11 is 0. The Labute approximate surface area is 96.3 Å². The lowest BCUT2D eigenvalue weighted by atomic mass is 9.84. The summed E-state index contributed by atoms with van der Waals surface area (Å²) in [5.41, 5.74) is 0.838. The molecule has 2 rings (SSSR count). The number of pyridine rings is 1. The largest absolute Gasteiger partial charge is 0.382 e. The van der Waals surface area contributed by atoms with Crippen LogP contribution < -0.4 is 5.32 Å². The van der Waals surface area contributed by atoms with E-state index in [0.717, 1.165) is 11.6 Å². The normalized spacial score (nSPS) is 19.4. The van der Waals surface area contributed by atoms with Gasteiger partial charge < -0.3 is 5.32 Å². The van der Waals surface area contributed by atoms with Crippen LogP contribution in [-0.4, -0.2) is 11.0 Å². The minimum absolute atomic E-state index is 0.416. The molecule has 1 aromatic rings. The van der Waals surface area contributed by atoms with E-state index in [1.165, 1.54) is 44.4 Å². The van der Waals surface area contributed by atoms with Crippen LogP contribution in [0.1, 0.15) is 39.0 Å². The minimum Gasteiger partial charge on any atom is -0.382 e. The van der Waals surface area contributed by atoms with Crippen molar-refractivity contribution in [2.75, 3.05) is 5.32 Å². The molecule has 3 heteroatoms. The molecule has 1 atom stereocenters. The summed E-state index contributed by atoms with van der Waals surface area (Å²) in [6.07, 6.45) is 8.13. The van der Waals surface area contributed by atoms with Gasteiger partial charge in [-0.25, -0.2) is 4.98 Å². The molecule has 0 amide bonds. The number of hydrogen-bond acceptors (Lipinski definition) is 2. The van der Waals surface area contributed by atoms with E-state index in [-0.39, 0.29) is 0 Å². The van der Waals surface area contributed by atoms with Gasteiger partial charge in [0.25, 0.3) is 0 Å². The van der Waals surface area contributed by atoms with Crippen LogP contribution in [0.25, 0.3) is 0 Å². The number of aromatic nitrogens is 1. The van der Waals surface area contributed by atoms with Gasteiger partial charge in [0.05, 0.1) is 0 Å². The molecule has 1 fully saturated rings. The Morgan fingerprint density at radius 1 is 1.38 bits per heavy atom. The maximum atomic E-state index is 12.9. The van der Waals surface area contributed by atoms with E-state index in [9.17, 15) is 4.39 Å². The lowest BCUT2D eigenvalue weighted by Crippen LogP contribution is -2.27. The van der Waals surface area contributed by atoms with Gasteiger partial charge >= 0.3 is 0 Å². The van der Waals surface area contributed by atoms with Gasteiger partial charge in [-0.3, -0.25) is 0 Å². The molecule has 1 saturated carbocycles. The van der Waals surface area contributed by atoms with Crippen molar-refractivity contribution >= 4 is 5.69 Å². The summed E-state index contributed by atoms with van der Waals surface area (Å²) in [6, 6.07) is 3.70. The summed E-state index contributed by atoms with van der Waals surface area (Å²) < 4.78 is 12.9. The third-order valence-corrected chi connectivity index (χ3v) is 3.48. The van der Waals surface area contributed by atoms with Gasteiger partial charge in [-0.2, -0.15) is 4.39 Å². The molecule has 88 valence electrons. The van der Waals surface area contributed by atoms with Crippen LogP contribution in [0.15, 0.2) is 18.3 Å². The Morgan fingerprint density at radius 3 is 2.81 bits per heavy atom. The van der Waals surface area contributed by atoms with Gasteiger partial charge in [0.1, 0.15) is 0 Å². The first-order chi connectivity index (χ1) is 7.75. The second-order valence-electron chi connectivity index (χ2n) is 4.70. The first kappa shape index (κ1) is 11.4. The second kappa shape index (κ2) is 5.28. The average molecular weight is 222 g/mol. The van der Waals surface area contributed by atoms with E-state index in [2.05, 4.69) is 17.2 Å². The number of rotatable bonds is 3. The van der Waals surface area contributed by atoms with E-state index in [1.807, 2.05) is 6.07 Å². The van der Waals surface area contributed by atoms with Crippen LogP contribution in [-0.2, 0) is 0 Å². The Kier molecular flexibility index (Phi) is 3.75. The zero-order valence-electron chi connectivity index (χ0n) is 9.75. The van der Waals surface area contributed by atoms with Crippen LogP contribution in [0.5, 0.6) is 0 Å². The SMILES string of the molecule is CC(Nc1ccnc(F)c1)C1CCCCC1. The second-order valence-corrected chi connectivity index (χ2v) is 4.70. The maximum absolute atomic E-state index is 12.9. The Morgan fingerprint density at radius 2 is 2.12 bits per heavy atom. The van der Waals surface area contributed by atoms with Crippen molar-refractivity contribution in [3.63, 3.8) is 0 Å². The zero-order valence-corrected chi connectivity index (χ0v) is 9.75. The predicted octanol–water partition coefficient (Wildman–Crippen LogP) is 3.60. The molecule has 16 heavy (non-hydrogen) atoms. The summed E-state index contributed by atoms with van der Waals surface area (Å²) in [5.74, 6) is 0.311. The standard InChI is InChI=1S/C13H19FN2/c1-10(11-5-3-2-4-6-11)16-12-7-8-15-13(14)9-12/h7-11H,2-6H2,1H3,(H,15,16). The van der Waals surface area contributed by atoms with E-state index < -0.39 is 5.95 Å². The van der Waals surface area contributed by atoms with Crippen molar-refractivity contribution in [3.8, 4) is 0 Å². The van der Waals surface area contributed by atoms with Crippen molar-refractivity contribution in [2.45, 2.75) is 45.1 Å². The molecule has 1 heterocycles. The smallest absolute Gasteiger partial charge is 0.214 e. The first-order valence-corrected chi connectivity index (χ1v) is 6.14. The molecule has 0 spiro atoms. The molecule has 1 aliphatic carbocycles. The van der Waals surface area contributed by atoms with E-state index in [0.29, 0.717) is 6.04 Å². The Hall–Kier alpha value is -1.12. The topological polar surface area (TPSA) is 24.9 Å². The molecule has 0 radical (unpaired) electrons. The fraction of sp³-hybridized carbons (Fsp3) is 0.615. The lowest BCUT2D eigenvalue weighted by molar-refractivity contribution is 0.328. The third kappa shape index (κ3) is 2.94. The van der Waals surface area contributed by atoms with E-state index in [1.54, 1.807) is 0 Å². The molecule has 1 unspecified atom stereocenters. The minimum atomic E-state index is -0.416. The zero-order chi connectivity index (χ0) is 11.4. The first-order valence-electron chi connectivity index (χ1n) is 6.14. The molecule has 0 aromatic carbocycles.